The first-order chi connectivity index (χ1) is 42.8. The second-order valence-corrected chi connectivity index (χ2v) is 25.5. The minimum Gasteiger partial charge on any atom is -0.462 e. The summed E-state index contributed by atoms with van der Waals surface area (Å²) in [4.78, 5) is 35.4. The maximum absolute atomic E-state index is 12.7. The second kappa shape index (κ2) is 71.7. The molecule has 0 aliphatic carbocycles. The molecule has 2 unspecified atom stereocenters. The topological polar surface area (TPSA) is 134 Å². The molecule has 0 aromatic carbocycles. The van der Waals surface area contributed by atoms with E-state index in [0.29, 0.717) is 6.42 Å². The van der Waals surface area contributed by atoms with Crippen molar-refractivity contribution in [1.82, 2.24) is 0 Å². The largest absolute Gasteiger partial charge is 0.472 e. The van der Waals surface area contributed by atoms with Crippen molar-refractivity contribution < 1.29 is 37.6 Å². The summed E-state index contributed by atoms with van der Waals surface area (Å²) in [7, 11) is -4.40. The fraction of sp³-hybridized carbons (Fsp3) is 0.740. The molecule has 0 spiro atoms. The predicted molar refractivity (Wildman–Crippen MR) is 376 cm³/mol. The highest BCUT2D eigenvalue weighted by atomic mass is 31.2. The van der Waals surface area contributed by atoms with Gasteiger partial charge in [-0.15, -0.1) is 0 Å². The van der Waals surface area contributed by atoms with Crippen LogP contribution >= 0.6 is 7.82 Å². The van der Waals surface area contributed by atoms with Crippen LogP contribution in [0.15, 0.2) is 109 Å². The van der Waals surface area contributed by atoms with E-state index in [1.165, 1.54) is 193 Å². The van der Waals surface area contributed by atoms with Crippen LogP contribution < -0.4 is 5.73 Å². The van der Waals surface area contributed by atoms with E-state index < -0.39 is 26.5 Å². The summed E-state index contributed by atoms with van der Waals surface area (Å²) in [6, 6.07) is 0. The van der Waals surface area contributed by atoms with Crippen molar-refractivity contribution in [3.8, 4) is 0 Å². The zero-order valence-corrected chi connectivity index (χ0v) is 57.4. The first-order valence-corrected chi connectivity index (χ1v) is 37.9. The van der Waals surface area contributed by atoms with Crippen LogP contribution in [-0.4, -0.2) is 49.3 Å². The number of hydrogen-bond donors (Lipinski definition) is 2. The van der Waals surface area contributed by atoms with E-state index in [1.54, 1.807) is 0 Å². The van der Waals surface area contributed by atoms with Gasteiger partial charge in [-0.1, -0.05) is 329 Å². The van der Waals surface area contributed by atoms with Gasteiger partial charge in [0.15, 0.2) is 6.10 Å². The molecule has 9 nitrogen and oxygen atoms in total. The summed E-state index contributed by atoms with van der Waals surface area (Å²) in [5, 5.41) is 0. The minimum atomic E-state index is -4.40. The van der Waals surface area contributed by atoms with Crippen LogP contribution in [0.2, 0.25) is 0 Å². The van der Waals surface area contributed by atoms with E-state index in [0.717, 1.165) is 109 Å². The Kier molecular flexibility index (Phi) is 69.0. The summed E-state index contributed by atoms with van der Waals surface area (Å²) in [5.74, 6) is -0.838. The Morgan fingerprint density at radius 1 is 0.356 bits per heavy atom. The normalized spacial score (nSPS) is 13.6. The molecule has 0 amide bonds. The summed E-state index contributed by atoms with van der Waals surface area (Å²) in [6.07, 6.45) is 99.2. The molecule has 0 saturated carbocycles. The van der Waals surface area contributed by atoms with Crippen molar-refractivity contribution in [2.24, 2.45) is 5.73 Å². The van der Waals surface area contributed by atoms with E-state index in [1.807, 2.05) is 0 Å². The van der Waals surface area contributed by atoms with Crippen molar-refractivity contribution in [3.63, 3.8) is 0 Å². The highest BCUT2D eigenvalue weighted by Crippen LogP contribution is 2.43. The lowest BCUT2D eigenvalue weighted by molar-refractivity contribution is -0.161. The Labute approximate surface area is 537 Å². The van der Waals surface area contributed by atoms with Crippen LogP contribution in [0, 0.1) is 0 Å². The SMILES string of the molecule is CC/C=C\C/C=C\C/C=C\C/C=C\C/C=C\C/C=C\CCCCCCCCC(=O)OC(COC(=O)CCCCCCCCCCCCCCCCCCCCCCCCCCCC/C=C\C/C=C\C/C=C\CCCCCCC)COP(=O)(O)OCCN. The molecule has 0 aromatic heterocycles. The first-order valence-electron chi connectivity index (χ1n) is 36.4. The Morgan fingerprint density at radius 2 is 0.632 bits per heavy atom. The third-order valence-corrected chi connectivity index (χ3v) is 16.6. The van der Waals surface area contributed by atoms with Crippen LogP contribution in [0.1, 0.15) is 335 Å². The van der Waals surface area contributed by atoms with E-state index >= 15 is 0 Å². The maximum atomic E-state index is 12.7. The zero-order valence-electron chi connectivity index (χ0n) is 56.5. The third kappa shape index (κ3) is 71.6. The Hall–Kier alpha value is -3.33. The van der Waals surface area contributed by atoms with Gasteiger partial charge in [-0.25, -0.2) is 4.57 Å². The Balaban J connectivity index is 3.82. The molecule has 502 valence electrons. The number of phosphoric acid groups is 1. The van der Waals surface area contributed by atoms with E-state index in [2.05, 4.69) is 123 Å². The highest BCUT2D eigenvalue weighted by molar-refractivity contribution is 7.47. The van der Waals surface area contributed by atoms with Crippen molar-refractivity contribution in [1.29, 1.82) is 0 Å². The fourth-order valence-corrected chi connectivity index (χ4v) is 11.1. The number of hydrogen-bond acceptors (Lipinski definition) is 8. The number of ether oxygens (including phenoxy) is 2. The Bertz CT molecular complexity index is 1800. The van der Waals surface area contributed by atoms with Crippen LogP contribution in [0.3, 0.4) is 0 Å². The summed E-state index contributed by atoms with van der Waals surface area (Å²) < 4.78 is 33.2. The summed E-state index contributed by atoms with van der Waals surface area (Å²) in [5.41, 5.74) is 5.40. The van der Waals surface area contributed by atoms with Crippen molar-refractivity contribution in [2.75, 3.05) is 26.4 Å². The summed E-state index contributed by atoms with van der Waals surface area (Å²) >= 11 is 0. The summed E-state index contributed by atoms with van der Waals surface area (Å²) in [6.45, 7) is 3.63. The molecule has 0 heterocycles. The van der Waals surface area contributed by atoms with Gasteiger partial charge in [-0.3, -0.25) is 18.6 Å². The molecule has 0 fully saturated rings. The fourth-order valence-electron chi connectivity index (χ4n) is 10.3. The van der Waals surface area contributed by atoms with Crippen molar-refractivity contribution in [2.45, 2.75) is 341 Å². The first kappa shape index (κ1) is 83.7. The Morgan fingerprint density at radius 3 is 0.943 bits per heavy atom. The predicted octanol–water partition coefficient (Wildman–Crippen LogP) is 24.1. The monoisotopic (exact) mass is 1230 g/mol. The molecular formula is C77H136NO8P. The van der Waals surface area contributed by atoms with E-state index in [-0.39, 0.29) is 38.6 Å². The number of phosphoric ester groups is 1. The minimum absolute atomic E-state index is 0.0472. The van der Waals surface area contributed by atoms with Gasteiger partial charge in [0, 0.05) is 19.4 Å². The molecule has 0 aromatic rings. The zero-order chi connectivity index (χ0) is 63.0. The van der Waals surface area contributed by atoms with Gasteiger partial charge in [0.05, 0.1) is 13.2 Å². The van der Waals surface area contributed by atoms with Gasteiger partial charge in [0.1, 0.15) is 6.61 Å². The lowest BCUT2D eigenvalue weighted by Crippen LogP contribution is -2.29. The quantitative estimate of drug-likeness (QED) is 0.0264. The number of allylic oxidation sites excluding steroid dienone is 18. The van der Waals surface area contributed by atoms with Gasteiger partial charge in [-0.05, 0) is 103 Å². The molecule has 0 radical (unpaired) electrons. The number of unbranched alkanes of at least 4 members (excludes halogenated alkanes) is 37. The van der Waals surface area contributed by atoms with Crippen molar-refractivity contribution in [3.05, 3.63) is 109 Å². The average molecular weight is 1230 g/mol. The van der Waals surface area contributed by atoms with Crippen LogP contribution in [-0.2, 0) is 32.7 Å². The number of nitrogens with two attached hydrogens (primary N) is 1. The molecule has 10 heteroatoms. The van der Waals surface area contributed by atoms with Gasteiger partial charge in [0.25, 0.3) is 0 Å². The standard InChI is InChI=1S/C77H136NO8P/c1-3-5-7-9-11-13-15-17-19-21-23-25-27-29-30-31-32-33-34-35-36-37-38-39-40-41-42-43-44-46-47-49-51-53-55-57-59-61-63-65-67-69-76(79)83-73-75(74-85-87(81,82)84-72-71-78)86-77(80)70-68-66-64-62-60-58-56-54-52-50-48-45-28-26-24-22-20-18-16-14-12-10-8-6-4-2/h6,8,12,14-15,17-18,20-21,23-24,26-27,29,45,48,52,54,75H,3-5,7,9-11,13,16,19,22,25,28,30-44,46-47,49-51,53,55-74,78H2,1-2H3,(H,81,82)/b8-6-,14-12-,17-15-,20-18-,23-21-,26-24-,29-27-,48-45-,54-52-. The molecule has 3 N–H and O–H groups in total. The molecule has 0 aliphatic heterocycles. The van der Waals surface area contributed by atoms with Crippen LogP contribution in [0.25, 0.3) is 0 Å². The van der Waals surface area contributed by atoms with Crippen LogP contribution in [0.4, 0.5) is 0 Å². The average Bonchev–Trinajstić information content (AvgIpc) is 3.64. The van der Waals surface area contributed by atoms with Gasteiger partial charge < -0.3 is 20.1 Å². The van der Waals surface area contributed by atoms with Gasteiger partial charge >= 0.3 is 19.8 Å². The third-order valence-electron chi connectivity index (χ3n) is 15.6. The molecule has 2 atom stereocenters. The van der Waals surface area contributed by atoms with E-state index in [4.69, 9.17) is 24.3 Å². The molecule has 0 rings (SSSR count). The van der Waals surface area contributed by atoms with Crippen LogP contribution in [0.5, 0.6) is 0 Å². The molecule has 0 bridgehead atoms. The number of carbonyl (C=O) groups is 2. The maximum Gasteiger partial charge on any atom is 0.472 e. The lowest BCUT2D eigenvalue weighted by atomic mass is 10.0. The van der Waals surface area contributed by atoms with Gasteiger partial charge in [0.2, 0.25) is 0 Å². The second-order valence-electron chi connectivity index (χ2n) is 24.1. The lowest BCUT2D eigenvalue weighted by Gasteiger charge is -2.19. The molecule has 87 heavy (non-hydrogen) atoms. The number of rotatable bonds is 68. The smallest absolute Gasteiger partial charge is 0.462 e. The molecule has 0 aliphatic rings. The van der Waals surface area contributed by atoms with Crippen molar-refractivity contribution >= 4 is 19.8 Å². The molecule has 0 saturated heterocycles. The van der Waals surface area contributed by atoms with E-state index in [9.17, 15) is 19.0 Å². The number of carbonyl (C=O) groups excluding carboxylic acids is 2. The number of esters is 2. The highest BCUT2D eigenvalue weighted by Gasteiger charge is 2.26. The van der Waals surface area contributed by atoms with Gasteiger partial charge in [-0.2, -0.15) is 0 Å². The molecular weight excluding hydrogens is 1100 g/mol.